The summed E-state index contributed by atoms with van der Waals surface area (Å²) in [5.74, 6) is 0. The van der Waals surface area contributed by atoms with Gasteiger partial charge in [-0.15, -0.1) is 0 Å². The molecular weight excluding hydrogens is 180 g/mol. The van der Waals surface area contributed by atoms with Crippen LogP contribution in [0.25, 0.3) is 0 Å². The van der Waals surface area contributed by atoms with Gasteiger partial charge in [-0.25, -0.2) is 0 Å². The van der Waals surface area contributed by atoms with Crippen LogP contribution in [0.2, 0.25) is 0 Å². The molecule has 0 aliphatic heterocycles. The summed E-state index contributed by atoms with van der Waals surface area (Å²) in [6.45, 7) is 0.266. The molecule has 1 rings (SSSR count). The van der Waals surface area contributed by atoms with Gasteiger partial charge in [0.1, 0.15) is 0 Å². The first-order valence-corrected chi connectivity index (χ1v) is 4.55. The molecule has 0 amide bonds. The molecule has 4 nitrogen and oxygen atoms in total. The number of nitrogens with two attached hydrogens (primary N) is 2. The summed E-state index contributed by atoms with van der Waals surface area (Å²) in [5, 5.41) is 19.2. The number of hydrogen-bond acceptors (Lipinski definition) is 4. The van der Waals surface area contributed by atoms with Crippen LogP contribution in [-0.4, -0.2) is 23.3 Å². The second-order valence-corrected chi connectivity index (χ2v) is 3.13. The lowest BCUT2D eigenvalue weighted by atomic mass is 9.98. The molecule has 0 saturated heterocycles. The van der Waals surface area contributed by atoms with Crippen molar-refractivity contribution in [2.24, 2.45) is 11.5 Å². The first kappa shape index (κ1) is 11.1. The molecule has 4 heteroatoms. The Morgan fingerprint density at radius 2 is 1.29 bits per heavy atom. The fourth-order valence-electron chi connectivity index (χ4n) is 1.37. The number of rotatable bonds is 4. The smallest absolute Gasteiger partial charge is 0.0915 e. The Bertz CT molecular complexity index is 262. The van der Waals surface area contributed by atoms with E-state index in [0.717, 1.165) is 0 Å². The molecule has 0 saturated carbocycles. The van der Waals surface area contributed by atoms with Gasteiger partial charge in [-0.2, -0.15) is 0 Å². The van der Waals surface area contributed by atoms with Gasteiger partial charge in [-0.3, -0.25) is 0 Å². The first-order valence-electron chi connectivity index (χ1n) is 4.55. The van der Waals surface area contributed by atoms with Gasteiger partial charge in [0.15, 0.2) is 0 Å². The van der Waals surface area contributed by atoms with Crippen molar-refractivity contribution in [2.45, 2.75) is 12.2 Å². The van der Waals surface area contributed by atoms with Crippen molar-refractivity contribution in [2.75, 3.05) is 13.1 Å². The van der Waals surface area contributed by atoms with E-state index < -0.39 is 12.2 Å². The average molecular weight is 196 g/mol. The molecule has 0 aliphatic rings. The van der Waals surface area contributed by atoms with Crippen LogP contribution in [0.1, 0.15) is 23.3 Å². The van der Waals surface area contributed by atoms with E-state index >= 15 is 0 Å². The van der Waals surface area contributed by atoms with Crippen molar-refractivity contribution in [1.29, 1.82) is 0 Å². The van der Waals surface area contributed by atoms with Gasteiger partial charge in [0.05, 0.1) is 12.2 Å². The molecule has 2 unspecified atom stereocenters. The lowest BCUT2D eigenvalue weighted by molar-refractivity contribution is 0.163. The van der Waals surface area contributed by atoms with Gasteiger partial charge in [0.2, 0.25) is 0 Å². The highest BCUT2D eigenvalue weighted by molar-refractivity contribution is 5.31. The monoisotopic (exact) mass is 196 g/mol. The Hall–Kier alpha value is -0.940. The molecule has 0 bridgehead atoms. The fraction of sp³-hybridized carbons (Fsp3) is 0.400. The van der Waals surface area contributed by atoms with Crippen molar-refractivity contribution in [3.8, 4) is 0 Å². The van der Waals surface area contributed by atoms with Crippen LogP contribution < -0.4 is 11.5 Å². The predicted octanol–water partition coefficient (Wildman–Crippen LogP) is -0.329. The molecule has 6 N–H and O–H groups in total. The number of aliphatic hydroxyl groups is 2. The fourth-order valence-corrected chi connectivity index (χ4v) is 1.37. The summed E-state index contributed by atoms with van der Waals surface area (Å²) in [4.78, 5) is 0. The summed E-state index contributed by atoms with van der Waals surface area (Å²) in [5.41, 5.74) is 12.0. The predicted molar refractivity (Wildman–Crippen MR) is 54.5 cm³/mol. The van der Waals surface area contributed by atoms with Crippen LogP contribution in [0, 0.1) is 0 Å². The number of aliphatic hydroxyl groups excluding tert-OH is 2. The van der Waals surface area contributed by atoms with E-state index in [2.05, 4.69) is 0 Å². The van der Waals surface area contributed by atoms with Gasteiger partial charge in [0.25, 0.3) is 0 Å². The summed E-state index contributed by atoms with van der Waals surface area (Å²) in [6.07, 6.45) is -1.49. The molecule has 0 aromatic heterocycles. The molecule has 1 aromatic carbocycles. The average Bonchev–Trinajstić information content (AvgIpc) is 2.27. The zero-order valence-corrected chi connectivity index (χ0v) is 7.93. The van der Waals surface area contributed by atoms with Crippen molar-refractivity contribution >= 4 is 0 Å². The Labute approximate surface area is 83.2 Å². The highest BCUT2D eigenvalue weighted by atomic mass is 16.3. The van der Waals surface area contributed by atoms with Gasteiger partial charge < -0.3 is 21.7 Å². The highest BCUT2D eigenvalue weighted by Crippen LogP contribution is 2.22. The SMILES string of the molecule is NCC(O)c1ccccc1C(O)CN. The van der Waals surface area contributed by atoms with Crippen LogP contribution in [0.5, 0.6) is 0 Å². The molecule has 0 spiro atoms. The first-order chi connectivity index (χ1) is 6.70. The minimum atomic E-state index is -0.743. The third-order valence-corrected chi connectivity index (χ3v) is 2.16. The quantitative estimate of drug-likeness (QED) is 0.530. The maximum Gasteiger partial charge on any atom is 0.0915 e. The van der Waals surface area contributed by atoms with E-state index in [-0.39, 0.29) is 13.1 Å². The Balaban J connectivity index is 3.02. The Morgan fingerprint density at radius 3 is 1.57 bits per heavy atom. The van der Waals surface area contributed by atoms with Crippen LogP contribution in [0.4, 0.5) is 0 Å². The molecule has 0 heterocycles. The number of hydrogen-bond donors (Lipinski definition) is 4. The van der Waals surface area contributed by atoms with Crippen LogP contribution in [0.3, 0.4) is 0 Å². The van der Waals surface area contributed by atoms with Crippen molar-refractivity contribution < 1.29 is 10.2 Å². The third-order valence-electron chi connectivity index (χ3n) is 2.16. The largest absolute Gasteiger partial charge is 0.387 e. The van der Waals surface area contributed by atoms with Gasteiger partial charge in [0, 0.05) is 13.1 Å². The lowest BCUT2D eigenvalue weighted by Crippen LogP contribution is -2.18. The van der Waals surface area contributed by atoms with Crippen LogP contribution in [0.15, 0.2) is 24.3 Å². The molecule has 14 heavy (non-hydrogen) atoms. The Kier molecular flexibility index (Phi) is 4.03. The third kappa shape index (κ3) is 2.30. The minimum Gasteiger partial charge on any atom is -0.387 e. The van der Waals surface area contributed by atoms with Crippen molar-refractivity contribution in [3.05, 3.63) is 35.4 Å². The van der Waals surface area contributed by atoms with Gasteiger partial charge in [-0.1, -0.05) is 24.3 Å². The molecule has 0 fully saturated rings. The summed E-state index contributed by atoms with van der Waals surface area (Å²) in [7, 11) is 0. The zero-order valence-electron chi connectivity index (χ0n) is 7.93. The molecule has 2 atom stereocenters. The van der Waals surface area contributed by atoms with E-state index in [0.29, 0.717) is 11.1 Å². The highest BCUT2D eigenvalue weighted by Gasteiger charge is 2.14. The van der Waals surface area contributed by atoms with E-state index in [1.165, 1.54) is 0 Å². The van der Waals surface area contributed by atoms with Crippen LogP contribution in [-0.2, 0) is 0 Å². The zero-order chi connectivity index (χ0) is 10.6. The second-order valence-electron chi connectivity index (χ2n) is 3.13. The van der Waals surface area contributed by atoms with Gasteiger partial charge >= 0.3 is 0 Å². The number of benzene rings is 1. The summed E-state index contributed by atoms with van der Waals surface area (Å²) >= 11 is 0. The molecule has 0 radical (unpaired) electrons. The topological polar surface area (TPSA) is 92.5 Å². The molecule has 1 aromatic rings. The van der Waals surface area contributed by atoms with E-state index in [1.54, 1.807) is 24.3 Å². The normalized spacial score (nSPS) is 15.1. The van der Waals surface area contributed by atoms with Gasteiger partial charge in [-0.05, 0) is 11.1 Å². The lowest BCUT2D eigenvalue weighted by Gasteiger charge is -2.17. The minimum absolute atomic E-state index is 0.133. The maximum atomic E-state index is 9.58. The Morgan fingerprint density at radius 1 is 0.929 bits per heavy atom. The van der Waals surface area contributed by atoms with E-state index in [1.807, 2.05) is 0 Å². The standard InChI is InChI=1S/C10H16N2O2/c11-5-9(13)7-3-1-2-4-8(7)10(14)6-12/h1-4,9-10,13-14H,5-6,11-12H2. The van der Waals surface area contributed by atoms with Crippen LogP contribution >= 0.6 is 0 Å². The summed E-state index contributed by atoms with van der Waals surface area (Å²) < 4.78 is 0. The second kappa shape index (κ2) is 5.07. The van der Waals surface area contributed by atoms with Crippen molar-refractivity contribution in [3.63, 3.8) is 0 Å². The molecule has 0 aliphatic carbocycles. The molecule has 78 valence electrons. The maximum absolute atomic E-state index is 9.58. The van der Waals surface area contributed by atoms with E-state index in [9.17, 15) is 10.2 Å². The summed E-state index contributed by atoms with van der Waals surface area (Å²) in [6, 6.07) is 7.07. The van der Waals surface area contributed by atoms with E-state index in [4.69, 9.17) is 11.5 Å². The molecular formula is C10H16N2O2. The van der Waals surface area contributed by atoms with Crippen molar-refractivity contribution in [1.82, 2.24) is 0 Å².